The van der Waals surface area contributed by atoms with Crippen LogP contribution in [0.3, 0.4) is 0 Å². The largest absolute Gasteiger partial charge is 0.378 e. The second kappa shape index (κ2) is 6.52. The second-order valence-corrected chi connectivity index (χ2v) is 4.07. The maximum absolute atomic E-state index is 13.4. The van der Waals surface area contributed by atoms with Gasteiger partial charge in [-0.2, -0.15) is 5.10 Å². The highest BCUT2D eigenvalue weighted by Crippen LogP contribution is 2.16. The molecule has 0 saturated heterocycles. The number of anilines is 1. The third-order valence-electron chi connectivity index (χ3n) is 2.75. The fourth-order valence-corrected chi connectivity index (χ4v) is 1.72. The molecule has 1 aromatic heterocycles. The summed E-state index contributed by atoms with van der Waals surface area (Å²) >= 11 is 0. The Kier molecular flexibility index (Phi) is 5.30. The molecule has 0 fully saturated rings. The van der Waals surface area contributed by atoms with Crippen molar-refractivity contribution in [1.82, 2.24) is 9.78 Å². The van der Waals surface area contributed by atoms with E-state index in [2.05, 4.69) is 10.4 Å². The van der Waals surface area contributed by atoms with Gasteiger partial charge in [-0.3, -0.25) is 4.68 Å². The van der Waals surface area contributed by atoms with Crippen LogP contribution in [0.1, 0.15) is 18.2 Å². The third kappa shape index (κ3) is 3.67. The molecular formula is C13H16ClF2N3. The van der Waals surface area contributed by atoms with Crippen LogP contribution in [0.25, 0.3) is 0 Å². The molecule has 1 heterocycles. The lowest BCUT2D eigenvalue weighted by Crippen LogP contribution is -2.02. The van der Waals surface area contributed by atoms with Gasteiger partial charge in [-0.25, -0.2) is 8.78 Å². The smallest absolute Gasteiger partial charge is 0.128 e. The minimum Gasteiger partial charge on any atom is -0.378 e. The Morgan fingerprint density at radius 2 is 2.05 bits per heavy atom. The van der Waals surface area contributed by atoms with Crippen molar-refractivity contribution in [3.63, 3.8) is 0 Å². The summed E-state index contributed by atoms with van der Waals surface area (Å²) in [6, 6.07) is 3.44. The Morgan fingerprint density at radius 3 is 2.68 bits per heavy atom. The number of hydrogen-bond acceptors (Lipinski definition) is 2. The van der Waals surface area contributed by atoms with Crippen LogP contribution in [0, 0.1) is 18.6 Å². The molecule has 0 bridgehead atoms. The molecule has 0 amide bonds. The van der Waals surface area contributed by atoms with Gasteiger partial charge in [0, 0.05) is 24.8 Å². The van der Waals surface area contributed by atoms with Crippen molar-refractivity contribution in [2.24, 2.45) is 0 Å². The molecule has 1 N–H and O–H groups in total. The quantitative estimate of drug-likeness (QED) is 0.932. The minimum atomic E-state index is -0.436. The minimum absolute atomic E-state index is 0. The third-order valence-corrected chi connectivity index (χ3v) is 2.75. The lowest BCUT2D eigenvalue weighted by molar-refractivity contribution is 0.587. The zero-order chi connectivity index (χ0) is 13.1. The van der Waals surface area contributed by atoms with E-state index in [0.717, 1.165) is 30.1 Å². The van der Waals surface area contributed by atoms with Crippen molar-refractivity contribution < 1.29 is 8.78 Å². The number of rotatable bonds is 4. The SMILES string of the molecule is CCn1cc(NCc2cc(F)ccc2F)c(C)n1.Cl. The average molecular weight is 288 g/mol. The molecule has 2 rings (SSSR count). The van der Waals surface area contributed by atoms with E-state index < -0.39 is 11.6 Å². The normalized spacial score (nSPS) is 10.1. The molecule has 0 aliphatic rings. The van der Waals surface area contributed by atoms with Gasteiger partial charge in [0.15, 0.2) is 0 Å². The molecule has 0 unspecified atom stereocenters. The number of benzene rings is 1. The maximum Gasteiger partial charge on any atom is 0.128 e. The van der Waals surface area contributed by atoms with E-state index in [1.165, 1.54) is 6.07 Å². The van der Waals surface area contributed by atoms with Crippen molar-refractivity contribution in [3.8, 4) is 0 Å². The van der Waals surface area contributed by atoms with Gasteiger partial charge in [0.05, 0.1) is 11.4 Å². The van der Waals surface area contributed by atoms with Crippen molar-refractivity contribution in [2.45, 2.75) is 26.9 Å². The van der Waals surface area contributed by atoms with E-state index in [0.29, 0.717) is 5.56 Å². The van der Waals surface area contributed by atoms with Gasteiger partial charge < -0.3 is 5.32 Å². The van der Waals surface area contributed by atoms with Crippen molar-refractivity contribution in [2.75, 3.05) is 5.32 Å². The highest BCUT2D eigenvalue weighted by atomic mass is 35.5. The Hall–Kier alpha value is -1.62. The fourth-order valence-electron chi connectivity index (χ4n) is 1.72. The van der Waals surface area contributed by atoms with Crippen molar-refractivity contribution in [3.05, 3.63) is 47.3 Å². The molecule has 0 radical (unpaired) electrons. The molecule has 1 aromatic carbocycles. The van der Waals surface area contributed by atoms with E-state index in [1.54, 1.807) is 4.68 Å². The van der Waals surface area contributed by atoms with E-state index >= 15 is 0 Å². The number of halogens is 3. The van der Waals surface area contributed by atoms with Gasteiger partial charge in [-0.15, -0.1) is 12.4 Å². The first kappa shape index (κ1) is 15.4. The highest BCUT2D eigenvalue weighted by molar-refractivity contribution is 5.85. The number of hydrogen-bond donors (Lipinski definition) is 1. The summed E-state index contributed by atoms with van der Waals surface area (Å²) in [4.78, 5) is 0. The first-order valence-electron chi connectivity index (χ1n) is 5.82. The topological polar surface area (TPSA) is 29.9 Å². The lowest BCUT2D eigenvalue weighted by atomic mass is 10.2. The predicted molar refractivity (Wildman–Crippen MR) is 73.6 cm³/mol. The Balaban J connectivity index is 0.00000180. The molecule has 2 aromatic rings. The molecular weight excluding hydrogens is 272 g/mol. The fraction of sp³-hybridized carbons (Fsp3) is 0.308. The number of aryl methyl sites for hydroxylation is 2. The summed E-state index contributed by atoms with van der Waals surface area (Å²) < 4.78 is 28.2. The molecule has 0 aliphatic heterocycles. The Bertz CT molecular complexity index is 555. The zero-order valence-electron chi connectivity index (χ0n) is 10.8. The molecule has 0 spiro atoms. The molecule has 0 saturated carbocycles. The zero-order valence-corrected chi connectivity index (χ0v) is 11.6. The van der Waals surface area contributed by atoms with Gasteiger partial charge in [-0.1, -0.05) is 0 Å². The van der Waals surface area contributed by atoms with Crippen LogP contribution in [0.2, 0.25) is 0 Å². The van der Waals surface area contributed by atoms with E-state index in [1.807, 2.05) is 20.0 Å². The predicted octanol–water partition coefficient (Wildman–Crippen LogP) is 3.52. The summed E-state index contributed by atoms with van der Waals surface area (Å²) in [5, 5.41) is 7.33. The molecule has 6 heteroatoms. The number of nitrogens with zero attached hydrogens (tertiary/aromatic N) is 2. The van der Waals surface area contributed by atoms with Gasteiger partial charge in [0.1, 0.15) is 11.6 Å². The second-order valence-electron chi connectivity index (χ2n) is 4.07. The van der Waals surface area contributed by atoms with Crippen LogP contribution in [-0.2, 0) is 13.1 Å². The van der Waals surface area contributed by atoms with Crippen LogP contribution in [0.4, 0.5) is 14.5 Å². The number of aromatic nitrogens is 2. The molecule has 0 aliphatic carbocycles. The number of nitrogens with one attached hydrogen (secondary N) is 1. The van der Waals surface area contributed by atoms with E-state index in [4.69, 9.17) is 0 Å². The Labute approximate surface area is 117 Å². The monoisotopic (exact) mass is 287 g/mol. The lowest BCUT2D eigenvalue weighted by Gasteiger charge is -2.06. The van der Waals surface area contributed by atoms with Crippen molar-refractivity contribution in [1.29, 1.82) is 0 Å². The van der Waals surface area contributed by atoms with Crippen LogP contribution in [0.15, 0.2) is 24.4 Å². The highest BCUT2D eigenvalue weighted by Gasteiger charge is 2.07. The molecule has 3 nitrogen and oxygen atoms in total. The summed E-state index contributed by atoms with van der Waals surface area (Å²) in [5.74, 6) is -0.849. The summed E-state index contributed by atoms with van der Waals surface area (Å²) in [6.45, 7) is 4.87. The van der Waals surface area contributed by atoms with Gasteiger partial charge in [-0.05, 0) is 32.0 Å². The first-order chi connectivity index (χ1) is 8.60. The van der Waals surface area contributed by atoms with Crippen LogP contribution in [-0.4, -0.2) is 9.78 Å². The average Bonchev–Trinajstić information content (AvgIpc) is 2.71. The maximum atomic E-state index is 13.4. The Morgan fingerprint density at radius 1 is 1.32 bits per heavy atom. The summed E-state index contributed by atoms with van der Waals surface area (Å²) in [7, 11) is 0. The van der Waals surface area contributed by atoms with E-state index in [-0.39, 0.29) is 19.0 Å². The standard InChI is InChI=1S/C13H15F2N3.ClH/c1-3-18-8-13(9(2)17-18)16-7-10-6-11(14)4-5-12(10)15;/h4-6,8,16H,3,7H2,1-2H3;1H. The summed E-state index contributed by atoms with van der Waals surface area (Å²) in [5.41, 5.74) is 1.98. The van der Waals surface area contributed by atoms with Gasteiger partial charge >= 0.3 is 0 Å². The molecule has 0 atom stereocenters. The molecule has 19 heavy (non-hydrogen) atoms. The van der Waals surface area contributed by atoms with Crippen LogP contribution in [0.5, 0.6) is 0 Å². The van der Waals surface area contributed by atoms with Gasteiger partial charge in [0.25, 0.3) is 0 Å². The first-order valence-corrected chi connectivity index (χ1v) is 5.82. The molecule has 104 valence electrons. The van der Waals surface area contributed by atoms with Crippen LogP contribution >= 0.6 is 12.4 Å². The van der Waals surface area contributed by atoms with Gasteiger partial charge in [0.2, 0.25) is 0 Å². The van der Waals surface area contributed by atoms with Crippen LogP contribution < -0.4 is 5.32 Å². The summed E-state index contributed by atoms with van der Waals surface area (Å²) in [6.07, 6.45) is 1.85. The van der Waals surface area contributed by atoms with Crippen molar-refractivity contribution >= 4 is 18.1 Å². The van der Waals surface area contributed by atoms with E-state index in [9.17, 15) is 8.78 Å².